The van der Waals surface area contributed by atoms with Crippen LogP contribution in [0.1, 0.15) is 6.92 Å². The summed E-state index contributed by atoms with van der Waals surface area (Å²) in [6, 6.07) is 13.8. The molecule has 0 saturated carbocycles. The summed E-state index contributed by atoms with van der Waals surface area (Å²) in [6.45, 7) is 1.08. The van der Waals surface area contributed by atoms with Crippen LogP contribution in [0.3, 0.4) is 0 Å². The van der Waals surface area contributed by atoms with Crippen molar-refractivity contribution < 1.29 is 15.0 Å². The molecule has 0 heterocycles. The summed E-state index contributed by atoms with van der Waals surface area (Å²) in [5.74, 6) is -0.492. The lowest BCUT2D eigenvalue weighted by molar-refractivity contribution is -0.134. The van der Waals surface area contributed by atoms with Crippen molar-refractivity contribution in [3.63, 3.8) is 0 Å². The van der Waals surface area contributed by atoms with Gasteiger partial charge in [-0.1, -0.05) is 30.3 Å². The molecule has 17 heavy (non-hydrogen) atoms. The van der Waals surface area contributed by atoms with E-state index in [1.54, 1.807) is 6.07 Å². The van der Waals surface area contributed by atoms with Crippen molar-refractivity contribution in [2.75, 3.05) is 0 Å². The highest BCUT2D eigenvalue weighted by atomic mass is 16.4. The van der Waals surface area contributed by atoms with Gasteiger partial charge in [0, 0.05) is 6.92 Å². The summed E-state index contributed by atoms with van der Waals surface area (Å²) >= 11 is 0. The minimum absolute atomic E-state index is 0.341. The number of phenols is 1. The number of hydrogen-bond acceptors (Lipinski definition) is 2. The summed E-state index contributed by atoms with van der Waals surface area (Å²) in [5, 5.41) is 16.7. The van der Waals surface area contributed by atoms with Gasteiger partial charge in [0.15, 0.2) is 0 Å². The van der Waals surface area contributed by atoms with Crippen molar-refractivity contribution in [1.82, 2.24) is 0 Å². The van der Waals surface area contributed by atoms with Crippen LogP contribution in [-0.2, 0) is 4.79 Å². The SMILES string of the molecule is CC(=O)O.Oc1ccc2c(c1)-c1ccccc1-2. The molecule has 3 rings (SSSR count). The lowest BCUT2D eigenvalue weighted by Gasteiger charge is -2.23. The van der Waals surface area contributed by atoms with Gasteiger partial charge in [-0.2, -0.15) is 0 Å². The first-order valence-electron chi connectivity index (χ1n) is 5.22. The van der Waals surface area contributed by atoms with Gasteiger partial charge in [0.25, 0.3) is 5.97 Å². The van der Waals surface area contributed by atoms with Crippen LogP contribution < -0.4 is 0 Å². The van der Waals surface area contributed by atoms with Crippen molar-refractivity contribution in [1.29, 1.82) is 0 Å². The molecule has 0 saturated heterocycles. The highest BCUT2D eigenvalue weighted by Gasteiger charge is 2.20. The van der Waals surface area contributed by atoms with Crippen LogP contribution >= 0.6 is 0 Å². The molecule has 2 N–H and O–H groups in total. The predicted octanol–water partition coefficient (Wildman–Crippen LogP) is 3.13. The Morgan fingerprint density at radius 3 is 2.00 bits per heavy atom. The van der Waals surface area contributed by atoms with E-state index in [1.165, 1.54) is 16.7 Å². The highest BCUT2D eigenvalue weighted by molar-refractivity contribution is 6.02. The normalized spacial score (nSPS) is 10.2. The lowest BCUT2D eigenvalue weighted by atomic mass is 9.81. The average Bonchev–Trinajstić information content (AvgIpc) is 2.26. The zero-order valence-corrected chi connectivity index (χ0v) is 9.34. The largest absolute Gasteiger partial charge is 0.508 e. The second kappa shape index (κ2) is 4.29. The maximum atomic E-state index is 9.30. The molecule has 1 aliphatic rings. The molecule has 0 unspecified atom stereocenters. The molecular formula is C14H12O3. The van der Waals surface area contributed by atoms with Gasteiger partial charge in [0.2, 0.25) is 0 Å². The number of hydrogen-bond donors (Lipinski definition) is 2. The molecular weight excluding hydrogens is 216 g/mol. The number of carboxylic acids is 1. The Morgan fingerprint density at radius 1 is 0.941 bits per heavy atom. The molecule has 0 radical (unpaired) electrons. The van der Waals surface area contributed by atoms with Gasteiger partial charge in [-0.15, -0.1) is 0 Å². The third-order valence-corrected chi connectivity index (χ3v) is 2.51. The van der Waals surface area contributed by atoms with Crippen molar-refractivity contribution >= 4 is 5.97 Å². The van der Waals surface area contributed by atoms with E-state index < -0.39 is 5.97 Å². The average molecular weight is 228 g/mol. The van der Waals surface area contributed by atoms with Crippen LogP contribution in [0, 0.1) is 0 Å². The summed E-state index contributed by atoms with van der Waals surface area (Å²) < 4.78 is 0. The summed E-state index contributed by atoms with van der Waals surface area (Å²) in [4.78, 5) is 9.00. The van der Waals surface area contributed by atoms with E-state index >= 15 is 0 Å². The second-order valence-corrected chi connectivity index (χ2v) is 3.79. The maximum absolute atomic E-state index is 9.30. The van der Waals surface area contributed by atoms with Gasteiger partial charge in [0.05, 0.1) is 0 Å². The Balaban J connectivity index is 0.000000239. The van der Waals surface area contributed by atoms with Crippen molar-refractivity contribution in [3.05, 3.63) is 42.5 Å². The Kier molecular flexibility index (Phi) is 2.83. The number of aliphatic carboxylic acids is 1. The number of carboxylic acid groups (broad SMARTS) is 1. The van der Waals surface area contributed by atoms with E-state index in [2.05, 4.69) is 12.1 Å². The Hall–Kier alpha value is -2.29. The van der Waals surface area contributed by atoms with Crippen molar-refractivity contribution in [2.24, 2.45) is 0 Å². The third kappa shape index (κ3) is 2.13. The lowest BCUT2D eigenvalue weighted by Crippen LogP contribution is -1.96. The smallest absolute Gasteiger partial charge is 0.300 e. The highest BCUT2D eigenvalue weighted by Crippen LogP contribution is 2.47. The summed E-state index contributed by atoms with van der Waals surface area (Å²) in [5.41, 5.74) is 4.94. The number of benzene rings is 2. The van der Waals surface area contributed by atoms with Gasteiger partial charge in [-0.3, -0.25) is 4.79 Å². The van der Waals surface area contributed by atoms with Crippen LogP contribution in [0.4, 0.5) is 0 Å². The Labute approximate surface area is 99.0 Å². The first kappa shape index (κ1) is 11.2. The van der Waals surface area contributed by atoms with E-state index in [0.717, 1.165) is 12.5 Å². The minimum atomic E-state index is -0.833. The monoisotopic (exact) mass is 228 g/mol. The van der Waals surface area contributed by atoms with Crippen LogP contribution in [0.5, 0.6) is 5.75 Å². The zero-order valence-electron chi connectivity index (χ0n) is 9.34. The third-order valence-electron chi connectivity index (χ3n) is 2.51. The van der Waals surface area contributed by atoms with E-state index in [0.29, 0.717) is 5.75 Å². The van der Waals surface area contributed by atoms with Gasteiger partial charge in [-0.25, -0.2) is 0 Å². The van der Waals surface area contributed by atoms with E-state index in [-0.39, 0.29) is 0 Å². The van der Waals surface area contributed by atoms with Gasteiger partial charge < -0.3 is 10.2 Å². The molecule has 0 spiro atoms. The molecule has 0 amide bonds. The number of rotatable bonds is 0. The number of fused-ring (bicyclic) bond motifs is 4. The standard InChI is InChI=1S/C12H8O.C2H4O2/c13-8-5-6-11-9-3-1-2-4-10(9)12(11)7-8;1-2(3)4/h1-7,13H;1H3,(H,3,4). The molecule has 0 bridgehead atoms. The molecule has 3 nitrogen and oxygen atoms in total. The Morgan fingerprint density at radius 2 is 1.41 bits per heavy atom. The molecule has 2 aromatic carbocycles. The molecule has 1 aliphatic carbocycles. The molecule has 0 fully saturated rings. The topological polar surface area (TPSA) is 57.5 Å². The summed E-state index contributed by atoms with van der Waals surface area (Å²) in [7, 11) is 0. The van der Waals surface area contributed by atoms with Gasteiger partial charge in [0.1, 0.15) is 5.75 Å². The maximum Gasteiger partial charge on any atom is 0.300 e. The van der Waals surface area contributed by atoms with Crippen LogP contribution in [-0.4, -0.2) is 16.2 Å². The fourth-order valence-electron chi connectivity index (χ4n) is 1.88. The molecule has 0 aliphatic heterocycles. The molecule has 86 valence electrons. The second-order valence-electron chi connectivity index (χ2n) is 3.79. The van der Waals surface area contributed by atoms with Gasteiger partial charge in [-0.05, 0) is 34.4 Å². The van der Waals surface area contributed by atoms with E-state index in [1.807, 2.05) is 24.3 Å². The predicted molar refractivity (Wildman–Crippen MR) is 65.8 cm³/mol. The van der Waals surface area contributed by atoms with Crippen molar-refractivity contribution in [3.8, 4) is 28.0 Å². The molecule has 3 heteroatoms. The van der Waals surface area contributed by atoms with Crippen LogP contribution in [0.2, 0.25) is 0 Å². The molecule has 2 aromatic rings. The zero-order chi connectivity index (χ0) is 12.4. The number of aromatic hydroxyl groups is 1. The minimum Gasteiger partial charge on any atom is -0.508 e. The first-order chi connectivity index (χ1) is 8.09. The Bertz CT molecular complexity index is 569. The first-order valence-corrected chi connectivity index (χ1v) is 5.22. The van der Waals surface area contributed by atoms with Crippen molar-refractivity contribution in [2.45, 2.75) is 6.92 Å². The molecule has 0 atom stereocenters. The molecule has 0 aromatic heterocycles. The van der Waals surface area contributed by atoms with Gasteiger partial charge >= 0.3 is 0 Å². The fraction of sp³-hybridized carbons (Fsp3) is 0.0714. The fourth-order valence-corrected chi connectivity index (χ4v) is 1.88. The van der Waals surface area contributed by atoms with Crippen LogP contribution in [0.25, 0.3) is 22.3 Å². The van der Waals surface area contributed by atoms with Crippen LogP contribution in [0.15, 0.2) is 42.5 Å². The number of phenolic OH excluding ortho intramolecular Hbond substituents is 1. The summed E-state index contributed by atoms with van der Waals surface area (Å²) in [6.07, 6.45) is 0. The quantitative estimate of drug-likeness (QED) is 0.621. The van der Waals surface area contributed by atoms with E-state index in [9.17, 15) is 5.11 Å². The van der Waals surface area contributed by atoms with E-state index in [4.69, 9.17) is 9.90 Å². The number of carbonyl (C=O) groups is 1.